The minimum atomic E-state index is -4.30. The van der Waals surface area contributed by atoms with Crippen LogP contribution in [0.15, 0.2) is 28.8 Å². The van der Waals surface area contributed by atoms with Gasteiger partial charge in [-0.1, -0.05) is 28.9 Å². The molecule has 1 aliphatic heterocycles. The smallest absolute Gasteiger partial charge is 0.343 e. The molecule has 3 rings (SSSR count). The van der Waals surface area contributed by atoms with Crippen molar-refractivity contribution in [2.45, 2.75) is 44.7 Å². The molecule has 0 aliphatic carbocycles. The number of benzene rings is 1. The highest BCUT2D eigenvalue weighted by Crippen LogP contribution is 2.29. The van der Waals surface area contributed by atoms with E-state index in [2.05, 4.69) is 10.1 Å². The number of alkyl halides is 3. The van der Waals surface area contributed by atoms with Gasteiger partial charge in [-0.05, 0) is 25.8 Å². The van der Waals surface area contributed by atoms with E-state index in [1.807, 2.05) is 31.2 Å². The molecule has 8 heteroatoms. The molecule has 0 bridgehead atoms. The van der Waals surface area contributed by atoms with E-state index in [0.29, 0.717) is 37.6 Å². The number of carbonyl (C=O) groups excluding carboxylic acids is 1. The second-order valence-electron chi connectivity index (χ2n) is 6.60. The molecule has 140 valence electrons. The number of amides is 1. The van der Waals surface area contributed by atoms with E-state index in [1.54, 1.807) is 0 Å². The molecule has 1 fully saturated rings. The van der Waals surface area contributed by atoms with Crippen molar-refractivity contribution < 1.29 is 22.5 Å². The fourth-order valence-electron chi connectivity index (χ4n) is 3.09. The largest absolute Gasteiger partial charge is 0.389 e. The molecular weight excluding hydrogens is 347 g/mol. The lowest BCUT2D eigenvalue weighted by Gasteiger charge is -2.30. The first kappa shape index (κ1) is 18.4. The number of rotatable bonds is 4. The first-order valence-corrected chi connectivity index (χ1v) is 8.57. The van der Waals surface area contributed by atoms with E-state index in [-0.39, 0.29) is 5.92 Å². The molecule has 0 saturated carbocycles. The molecule has 0 atom stereocenters. The SMILES string of the molecule is Cc1cccc(-c2noc(C3CCN(C(=O)CCC(F)(F)F)CC3)n2)c1. The highest BCUT2D eigenvalue weighted by Gasteiger charge is 2.31. The number of halogens is 3. The Kier molecular flexibility index (Phi) is 5.29. The molecule has 1 amide bonds. The normalized spacial score (nSPS) is 16.1. The number of carbonyl (C=O) groups is 1. The third kappa shape index (κ3) is 4.62. The predicted octanol–water partition coefficient (Wildman–Crippen LogP) is 4.09. The molecule has 5 nitrogen and oxygen atoms in total. The van der Waals surface area contributed by atoms with Crippen molar-refractivity contribution in [3.8, 4) is 11.4 Å². The van der Waals surface area contributed by atoms with Gasteiger partial charge >= 0.3 is 6.18 Å². The van der Waals surface area contributed by atoms with Gasteiger partial charge in [0, 0.05) is 31.0 Å². The number of hydrogen-bond donors (Lipinski definition) is 0. The molecular formula is C18H20F3N3O2. The summed E-state index contributed by atoms with van der Waals surface area (Å²) in [5, 5.41) is 4.02. The van der Waals surface area contributed by atoms with E-state index < -0.39 is 24.9 Å². The lowest BCUT2D eigenvalue weighted by Crippen LogP contribution is -2.38. The van der Waals surface area contributed by atoms with Crippen LogP contribution in [0.3, 0.4) is 0 Å². The van der Waals surface area contributed by atoms with Gasteiger partial charge in [0.25, 0.3) is 0 Å². The molecule has 0 spiro atoms. The van der Waals surface area contributed by atoms with Crippen LogP contribution in [0.25, 0.3) is 11.4 Å². The molecule has 2 aromatic rings. The van der Waals surface area contributed by atoms with Crippen molar-refractivity contribution in [3.63, 3.8) is 0 Å². The lowest BCUT2D eigenvalue weighted by atomic mass is 9.96. The van der Waals surface area contributed by atoms with Crippen molar-refractivity contribution in [2.75, 3.05) is 13.1 Å². The number of piperidine rings is 1. The van der Waals surface area contributed by atoms with Crippen LogP contribution in [-0.2, 0) is 4.79 Å². The fourth-order valence-corrected chi connectivity index (χ4v) is 3.09. The van der Waals surface area contributed by atoms with E-state index in [9.17, 15) is 18.0 Å². The Morgan fingerprint density at radius 3 is 2.69 bits per heavy atom. The zero-order valence-electron chi connectivity index (χ0n) is 14.4. The maximum Gasteiger partial charge on any atom is 0.389 e. The molecule has 26 heavy (non-hydrogen) atoms. The van der Waals surface area contributed by atoms with E-state index in [4.69, 9.17) is 4.52 Å². The van der Waals surface area contributed by atoms with E-state index >= 15 is 0 Å². The van der Waals surface area contributed by atoms with Gasteiger partial charge in [-0.15, -0.1) is 0 Å². The van der Waals surface area contributed by atoms with Crippen LogP contribution >= 0.6 is 0 Å². The topological polar surface area (TPSA) is 59.2 Å². The molecule has 0 radical (unpaired) electrons. The van der Waals surface area contributed by atoms with E-state index in [0.717, 1.165) is 11.1 Å². The summed E-state index contributed by atoms with van der Waals surface area (Å²) < 4.78 is 42.1. The second kappa shape index (κ2) is 7.47. The van der Waals surface area contributed by atoms with Gasteiger partial charge in [0.1, 0.15) is 0 Å². The Morgan fingerprint density at radius 2 is 2.04 bits per heavy atom. The first-order valence-electron chi connectivity index (χ1n) is 8.57. The average Bonchev–Trinajstić information content (AvgIpc) is 3.09. The van der Waals surface area contributed by atoms with Gasteiger partial charge in [0.05, 0.1) is 6.42 Å². The minimum Gasteiger partial charge on any atom is -0.343 e. The van der Waals surface area contributed by atoms with Crippen molar-refractivity contribution in [1.29, 1.82) is 0 Å². The number of nitrogens with zero attached hydrogens (tertiary/aromatic N) is 3. The average molecular weight is 367 g/mol. The zero-order chi connectivity index (χ0) is 18.7. The van der Waals surface area contributed by atoms with Crippen LogP contribution < -0.4 is 0 Å². The Balaban J connectivity index is 1.56. The molecule has 2 heterocycles. The van der Waals surface area contributed by atoms with Crippen LogP contribution in [0.1, 0.15) is 43.1 Å². The van der Waals surface area contributed by atoms with Crippen molar-refractivity contribution in [2.24, 2.45) is 0 Å². The van der Waals surface area contributed by atoms with Gasteiger partial charge in [-0.2, -0.15) is 18.2 Å². The first-order chi connectivity index (χ1) is 12.3. The van der Waals surface area contributed by atoms with Crippen molar-refractivity contribution >= 4 is 5.91 Å². The van der Waals surface area contributed by atoms with Gasteiger partial charge in [0.15, 0.2) is 0 Å². The van der Waals surface area contributed by atoms with Crippen LogP contribution in [0.5, 0.6) is 0 Å². The zero-order valence-corrected chi connectivity index (χ0v) is 14.4. The molecule has 0 unspecified atom stereocenters. The Hall–Kier alpha value is -2.38. The Labute approximate surface area is 149 Å². The fraction of sp³-hybridized carbons (Fsp3) is 0.500. The number of likely N-dealkylation sites (tertiary alicyclic amines) is 1. The third-order valence-corrected chi connectivity index (χ3v) is 4.54. The summed E-state index contributed by atoms with van der Waals surface area (Å²) in [5.74, 6) is 0.607. The van der Waals surface area contributed by atoms with Crippen LogP contribution in [0.4, 0.5) is 13.2 Å². The number of aryl methyl sites for hydroxylation is 1. The van der Waals surface area contributed by atoms with Crippen LogP contribution in [-0.4, -0.2) is 40.2 Å². The van der Waals surface area contributed by atoms with Gasteiger partial charge in [-0.3, -0.25) is 4.79 Å². The summed E-state index contributed by atoms with van der Waals surface area (Å²) in [7, 11) is 0. The van der Waals surface area contributed by atoms with E-state index in [1.165, 1.54) is 4.90 Å². The maximum absolute atomic E-state index is 12.2. The molecule has 1 aromatic carbocycles. The number of aromatic nitrogens is 2. The number of hydrogen-bond acceptors (Lipinski definition) is 4. The molecule has 0 N–H and O–H groups in total. The third-order valence-electron chi connectivity index (χ3n) is 4.54. The van der Waals surface area contributed by atoms with Gasteiger partial charge < -0.3 is 9.42 Å². The Morgan fingerprint density at radius 1 is 1.31 bits per heavy atom. The molecule has 1 aliphatic rings. The van der Waals surface area contributed by atoms with Crippen molar-refractivity contribution in [1.82, 2.24) is 15.0 Å². The maximum atomic E-state index is 12.2. The summed E-state index contributed by atoms with van der Waals surface area (Å²) in [6, 6.07) is 7.78. The standard InChI is InChI=1S/C18H20F3N3O2/c1-12-3-2-4-14(11-12)16-22-17(26-23-16)13-6-9-24(10-7-13)15(25)5-8-18(19,20)21/h2-4,11,13H,5-10H2,1H3. The summed E-state index contributed by atoms with van der Waals surface area (Å²) in [4.78, 5) is 17.8. The highest BCUT2D eigenvalue weighted by atomic mass is 19.4. The van der Waals surface area contributed by atoms with Crippen LogP contribution in [0, 0.1) is 6.92 Å². The summed E-state index contributed by atoms with van der Waals surface area (Å²) in [5.41, 5.74) is 1.97. The summed E-state index contributed by atoms with van der Waals surface area (Å²) in [6.07, 6.45) is -4.66. The monoisotopic (exact) mass is 367 g/mol. The molecule has 1 aromatic heterocycles. The minimum absolute atomic E-state index is 0.0210. The second-order valence-corrected chi connectivity index (χ2v) is 6.60. The van der Waals surface area contributed by atoms with Gasteiger partial charge in [-0.25, -0.2) is 0 Å². The summed E-state index contributed by atoms with van der Waals surface area (Å²) >= 11 is 0. The van der Waals surface area contributed by atoms with Gasteiger partial charge in [0.2, 0.25) is 17.6 Å². The lowest BCUT2D eigenvalue weighted by molar-refractivity contribution is -0.149. The highest BCUT2D eigenvalue weighted by molar-refractivity contribution is 5.76. The summed E-state index contributed by atoms with van der Waals surface area (Å²) in [6.45, 7) is 2.79. The molecule has 1 saturated heterocycles. The predicted molar refractivity (Wildman–Crippen MR) is 88.3 cm³/mol. The van der Waals surface area contributed by atoms with Crippen LogP contribution in [0.2, 0.25) is 0 Å². The van der Waals surface area contributed by atoms with Crippen molar-refractivity contribution in [3.05, 3.63) is 35.7 Å². The Bertz CT molecular complexity index is 765. The quantitative estimate of drug-likeness (QED) is 0.817.